The van der Waals surface area contributed by atoms with Crippen molar-refractivity contribution in [3.05, 3.63) is 41.4 Å². The van der Waals surface area contributed by atoms with Crippen LogP contribution in [0.25, 0.3) is 10.8 Å². The summed E-state index contributed by atoms with van der Waals surface area (Å²) in [7, 11) is -3.39. The second kappa shape index (κ2) is 5.56. The van der Waals surface area contributed by atoms with Crippen LogP contribution in [-0.2, 0) is 10.0 Å². The lowest BCUT2D eigenvalue weighted by Crippen LogP contribution is -2.37. The minimum absolute atomic E-state index is 0.346. The zero-order chi connectivity index (χ0) is 14.2. The maximum Gasteiger partial charge on any atom is 0.243 e. The third kappa shape index (κ3) is 2.55. The van der Waals surface area contributed by atoms with Gasteiger partial charge in [0, 0.05) is 35.0 Å². The van der Waals surface area contributed by atoms with Gasteiger partial charge in [-0.25, -0.2) is 8.42 Å². The number of hydrogen-bond donors (Lipinski definition) is 0. The van der Waals surface area contributed by atoms with Gasteiger partial charge in [0.2, 0.25) is 10.0 Å². The Bertz CT molecular complexity index is 740. The molecule has 0 atom stereocenters. The fraction of sp³-hybridized carbons (Fsp3) is 0.286. The Labute approximate surface area is 128 Å². The molecule has 0 radical (unpaired) electrons. The first kappa shape index (κ1) is 14.2. The first-order chi connectivity index (χ1) is 9.59. The van der Waals surface area contributed by atoms with E-state index in [0.29, 0.717) is 23.0 Å². The Balaban J connectivity index is 2.05. The van der Waals surface area contributed by atoms with Crippen LogP contribution >= 0.6 is 23.4 Å². The molecule has 1 fully saturated rings. The summed E-state index contributed by atoms with van der Waals surface area (Å²) in [5.41, 5.74) is 0. The van der Waals surface area contributed by atoms with E-state index >= 15 is 0 Å². The van der Waals surface area contributed by atoms with Crippen molar-refractivity contribution in [1.29, 1.82) is 0 Å². The highest BCUT2D eigenvalue weighted by molar-refractivity contribution is 7.99. The molecule has 2 aromatic rings. The van der Waals surface area contributed by atoms with Crippen LogP contribution in [0.1, 0.15) is 0 Å². The second-order valence-corrected chi connectivity index (χ2v) is 8.21. The Hall–Kier alpha value is -0.750. The highest BCUT2D eigenvalue weighted by Gasteiger charge is 2.26. The molecule has 3 nitrogen and oxygen atoms in total. The summed E-state index contributed by atoms with van der Waals surface area (Å²) in [5.74, 6) is 1.72. The second-order valence-electron chi connectivity index (χ2n) is 4.64. The lowest BCUT2D eigenvalue weighted by atomic mass is 10.1. The van der Waals surface area contributed by atoms with Crippen molar-refractivity contribution in [2.24, 2.45) is 0 Å². The van der Waals surface area contributed by atoms with Crippen molar-refractivity contribution in [2.45, 2.75) is 4.90 Å². The number of halogens is 1. The maximum absolute atomic E-state index is 12.6. The first-order valence-electron chi connectivity index (χ1n) is 6.35. The van der Waals surface area contributed by atoms with Gasteiger partial charge in [0.15, 0.2) is 0 Å². The quantitative estimate of drug-likeness (QED) is 0.850. The van der Waals surface area contributed by atoms with Gasteiger partial charge in [-0.05, 0) is 23.6 Å². The summed E-state index contributed by atoms with van der Waals surface area (Å²) in [5, 5.41) is 2.37. The Morgan fingerprint density at radius 1 is 1.10 bits per heavy atom. The first-order valence-corrected chi connectivity index (χ1v) is 9.32. The van der Waals surface area contributed by atoms with E-state index < -0.39 is 10.0 Å². The third-order valence-electron chi connectivity index (χ3n) is 3.41. The molecule has 0 amide bonds. The lowest BCUT2D eigenvalue weighted by Gasteiger charge is -2.25. The van der Waals surface area contributed by atoms with Crippen LogP contribution in [0.15, 0.2) is 41.3 Å². The molecule has 0 aromatic heterocycles. The molecule has 1 aliphatic rings. The molecule has 0 aliphatic carbocycles. The largest absolute Gasteiger partial charge is 0.243 e. The van der Waals surface area contributed by atoms with Crippen molar-refractivity contribution >= 4 is 44.2 Å². The SMILES string of the molecule is O=S(=O)(c1ccc2c(Cl)cccc2c1)N1CCSCC1. The van der Waals surface area contributed by atoms with Crippen LogP contribution in [-0.4, -0.2) is 37.3 Å². The smallest absolute Gasteiger partial charge is 0.207 e. The molecule has 0 N–H and O–H groups in total. The number of rotatable bonds is 2. The molecule has 0 spiro atoms. The molecule has 1 heterocycles. The Morgan fingerprint density at radius 2 is 1.85 bits per heavy atom. The number of nitrogens with zero attached hydrogens (tertiary/aromatic N) is 1. The molecular weight excluding hydrogens is 314 g/mol. The summed E-state index contributed by atoms with van der Waals surface area (Å²) in [6.07, 6.45) is 0. The van der Waals surface area contributed by atoms with Crippen molar-refractivity contribution < 1.29 is 8.42 Å². The molecule has 1 aliphatic heterocycles. The molecule has 20 heavy (non-hydrogen) atoms. The highest BCUT2D eigenvalue weighted by atomic mass is 35.5. The molecule has 106 valence electrons. The van der Waals surface area contributed by atoms with Crippen molar-refractivity contribution in [1.82, 2.24) is 4.31 Å². The van der Waals surface area contributed by atoms with Gasteiger partial charge in [-0.2, -0.15) is 16.1 Å². The summed E-state index contributed by atoms with van der Waals surface area (Å²) >= 11 is 7.90. The van der Waals surface area contributed by atoms with Crippen LogP contribution in [0.5, 0.6) is 0 Å². The van der Waals surface area contributed by atoms with Gasteiger partial charge in [0.25, 0.3) is 0 Å². The third-order valence-corrected chi connectivity index (χ3v) is 6.57. The molecule has 3 rings (SSSR count). The van der Waals surface area contributed by atoms with Crippen LogP contribution in [0.4, 0.5) is 0 Å². The summed E-state index contributed by atoms with van der Waals surface area (Å²) in [6.45, 7) is 1.17. The van der Waals surface area contributed by atoms with Crippen molar-refractivity contribution in [2.75, 3.05) is 24.6 Å². The van der Waals surface area contributed by atoms with E-state index in [0.717, 1.165) is 22.3 Å². The standard InChI is InChI=1S/C14H14ClNO2S2/c15-14-3-1-2-11-10-12(4-5-13(11)14)20(17,18)16-6-8-19-9-7-16/h1-5,10H,6-9H2. The molecule has 1 saturated heterocycles. The summed E-state index contributed by atoms with van der Waals surface area (Å²) < 4.78 is 26.8. The normalized spacial score (nSPS) is 17.4. The van der Waals surface area contributed by atoms with E-state index in [4.69, 9.17) is 11.6 Å². The zero-order valence-corrected chi connectivity index (χ0v) is 13.1. The number of sulfonamides is 1. The minimum Gasteiger partial charge on any atom is -0.207 e. The van der Waals surface area contributed by atoms with Crippen molar-refractivity contribution in [3.8, 4) is 0 Å². The number of thioether (sulfide) groups is 1. The fourth-order valence-corrected chi connectivity index (χ4v) is 5.18. The molecule has 0 unspecified atom stereocenters. The van der Waals surface area contributed by atoms with E-state index in [1.54, 1.807) is 40.3 Å². The van der Waals surface area contributed by atoms with E-state index in [2.05, 4.69) is 0 Å². The molecule has 2 aromatic carbocycles. The topological polar surface area (TPSA) is 37.4 Å². The van der Waals surface area contributed by atoms with Crippen LogP contribution in [0.3, 0.4) is 0 Å². The van der Waals surface area contributed by atoms with Gasteiger partial charge in [0.1, 0.15) is 0 Å². The van der Waals surface area contributed by atoms with Crippen LogP contribution in [0, 0.1) is 0 Å². The van der Waals surface area contributed by atoms with Crippen LogP contribution in [0.2, 0.25) is 5.02 Å². The highest BCUT2D eigenvalue weighted by Crippen LogP contribution is 2.27. The fourth-order valence-electron chi connectivity index (χ4n) is 2.32. The molecule has 6 heteroatoms. The van der Waals surface area contributed by atoms with Gasteiger partial charge in [-0.3, -0.25) is 0 Å². The average Bonchev–Trinajstić information content (AvgIpc) is 2.48. The lowest BCUT2D eigenvalue weighted by molar-refractivity contribution is 0.443. The predicted octanol–water partition coefficient (Wildman–Crippen LogP) is 3.23. The molecule has 0 saturated carbocycles. The van der Waals surface area contributed by atoms with E-state index in [9.17, 15) is 8.42 Å². The number of fused-ring (bicyclic) bond motifs is 1. The van der Waals surface area contributed by atoms with E-state index in [-0.39, 0.29) is 0 Å². The monoisotopic (exact) mass is 327 g/mol. The number of hydrogen-bond acceptors (Lipinski definition) is 3. The maximum atomic E-state index is 12.6. The minimum atomic E-state index is -3.39. The molecular formula is C14H14ClNO2S2. The van der Waals surface area contributed by atoms with Gasteiger partial charge < -0.3 is 0 Å². The van der Waals surface area contributed by atoms with Crippen LogP contribution < -0.4 is 0 Å². The predicted molar refractivity (Wildman–Crippen MR) is 85.0 cm³/mol. The van der Waals surface area contributed by atoms with E-state index in [1.807, 2.05) is 12.1 Å². The van der Waals surface area contributed by atoms with Gasteiger partial charge in [-0.1, -0.05) is 29.8 Å². The van der Waals surface area contributed by atoms with E-state index in [1.165, 1.54) is 0 Å². The zero-order valence-electron chi connectivity index (χ0n) is 10.8. The summed E-state index contributed by atoms with van der Waals surface area (Å²) in [6, 6.07) is 10.7. The van der Waals surface area contributed by atoms with Crippen molar-refractivity contribution in [3.63, 3.8) is 0 Å². The molecule has 0 bridgehead atoms. The Kier molecular flexibility index (Phi) is 3.95. The Morgan fingerprint density at radius 3 is 2.60 bits per heavy atom. The van der Waals surface area contributed by atoms with Gasteiger partial charge in [0.05, 0.1) is 4.90 Å². The van der Waals surface area contributed by atoms with Gasteiger partial charge in [-0.15, -0.1) is 0 Å². The van der Waals surface area contributed by atoms with Gasteiger partial charge >= 0.3 is 0 Å². The number of benzene rings is 2. The average molecular weight is 328 g/mol. The summed E-state index contributed by atoms with van der Waals surface area (Å²) in [4.78, 5) is 0.346.